The van der Waals surface area contributed by atoms with E-state index in [0.717, 1.165) is 12.6 Å². The molecule has 1 saturated heterocycles. The Morgan fingerprint density at radius 2 is 2.50 bits per heavy atom. The summed E-state index contributed by atoms with van der Waals surface area (Å²) >= 11 is 0. The van der Waals surface area contributed by atoms with Crippen LogP contribution in [0.2, 0.25) is 0 Å². The van der Waals surface area contributed by atoms with E-state index in [2.05, 4.69) is 12.4 Å². The summed E-state index contributed by atoms with van der Waals surface area (Å²) in [5.41, 5.74) is 0. The standard InChI is InChI=1S/C6H14N2/c1-7-6-3-2-4-8-5-6/h6,8H,1-5,7H2. The molecule has 48 valence electrons. The summed E-state index contributed by atoms with van der Waals surface area (Å²) in [6.45, 7) is 2.34. The monoisotopic (exact) mass is 114 g/mol. The molecule has 2 heteroatoms. The van der Waals surface area contributed by atoms with E-state index in [1.54, 1.807) is 0 Å². The Hall–Kier alpha value is -0.0800. The Morgan fingerprint density at radius 1 is 1.62 bits per heavy atom. The highest BCUT2D eigenvalue weighted by Crippen LogP contribution is 1.95. The van der Waals surface area contributed by atoms with Crippen LogP contribution in [0, 0.1) is 7.05 Å². The average molecular weight is 114 g/mol. The minimum Gasteiger partial charge on any atom is -0.475 e. The van der Waals surface area contributed by atoms with E-state index in [4.69, 9.17) is 0 Å². The zero-order valence-electron chi connectivity index (χ0n) is 5.19. The molecule has 1 aliphatic heterocycles. The molecule has 3 N–H and O–H groups in total. The van der Waals surface area contributed by atoms with Crippen molar-refractivity contribution >= 4 is 0 Å². The van der Waals surface area contributed by atoms with Crippen molar-refractivity contribution in [2.45, 2.75) is 18.9 Å². The van der Waals surface area contributed by atoms with Crippen LogP contribution in [0.3, 0.4) is 0 Å². The molecule has 1 fully saturated rings. The van der Waals surface area contributed by atoms with Gasteiger partial charge in [0.25, 0.3) is 0 Å². The summed E-state index contributed by atoms with van der Waals surface area (Å²) < 4.78 is 0. The molecular formula is C6H14N2. The van der Waals surface area contributed by atoms with Crippen LogP contribution in [-0.2, 0) is 0 Å². The number of nitrogens with one attached hydrogen (secondary N) is 1. The molecule has 8 heavy (non-hydrogen) atoms. The van der Waals surface area contributed by atoms with Crippen LogP contribution < -0.4 is 10.6 Å². The topological polar surface area (TPSA) is 28.6 Å². The van der Waals surface area contributed by atoms with Gasteiger partial charge in [0.2, 0.25) is 0 Å². The van der Waals surface area contributed by atoms with Crippen LogP contribution in [0.5, 0.6) is 0 Å². The molecule has 0 saturated carbocycles. The fourth-order valence-electron chi connectivity index (χ4n) is 1.08. The Labute approximate surface area is 50.7 Å². The van der Waals surface area contributed by atoms with Crippen LogP contribution in [0.4, 0.5) is 0 Å². The van der Waals surface area contributed by atoms with Gasteiger partial charge in [-0.05, 0) is 19.4 Å². The lowest BCUT2D eigenvalue weighted by Gasteiger charge is -2.21. The first-order valence-electron chi connectivity index (χ1n) is 3.27. The molecule has 0 bridgehead atoms. The van der Waals surface area contributed by atoms with E-state index in [9.17, 15) is 0 Å². The van der Waals surface area contributed by atoms with Gasteiger partial charge in [-0.2, -0.15) is 7.05 Å². The Kier molecular flexibility index (Phi) is 2.30. The maximum Gasteiger partial charge on any atom is 0.0747 e. The number of hydrogen-bond acceptors (Lipinski definition) is 1. The molecule has 0 spiro atoms. The quantitative estimate of drug-likeness (QED) is 0.425. The van der Waals surface area contributed by atoms with Gasteiger partial charge in [-0.25, -0.2) is 0 Å². The zero-order valence-corrected chi connectivity index (χ0v) is 5.19. The smallest absolute Gasteiger partial charge is 0.0747 e. The maximum absolute atomic E-state index is 3.74. The van der Waals surface area contributed by atoms with Crippen molar-refractivity contribution < 1.29 is 5.32 Å². The predicted molar refractivity (Wildman–Crippen MR) is 33.2 cm³/mol. The van der Waals surface area contributed by atoms with Crippen molar-refractivity contribution in [2.24, 2.45) is 0 Å². The van der Waals surface area contributed by atoms with Crippen molar-refractivity contribution in [1.29, 1.82) is 0 Å². The molecule has 0 radical (unpaired) electrons. The molecule has 1 unspecified atom stereocenters. The van der Waals surface area contributed by atoms with Crippen molar-refractivity contribution in [1.82, 2.24) is 5.32 Å². The van der Waals surface area contributed by atoms with E-state index in [0.29, 0.717) is 0 Å². The molecule has 1 aliphatic rings. The molecule has 1 rings (SSSR count). The van der Waals surface area contributed by atoms with Gasteiger partial charge in [0.1, 0.15) is 0 Å². The van der Waals surface area contributed by atoms with Gasteiger partial charge in [0.05, 0.1) is 6.04 Å². The molecule has 0 aromatic heterocycles. The number of rotatable bonds is 1. The normalized spacial score (nSPS) is 30.4. The van der Waals surface area contributed by atoms with E-state index < -0.39 is 0 Å². The molecule has 0 aromatic carbocycles. The predicted octanol–water partition coefficient (Wildman–Crippen LogP) is -0.907. The lowest BCUT2D eigenvalue weighted by molar-refractivity contribution is -0.633. The number of nitrogens with two attached hydrogens (primary N) is 1. The van der Waals surface area contributed by atoms with E-state index in [-0.39, 0.29) is 0 Å². The second kappa shape index (κ2) is 3.05. The van der Waals surface area contributed by atoms with Gasteiger partial charge in [0.15, 0.2) is 0 Å². The van der Waals surface area contributed by atoms with Gasteiger partial charge in [-0.3, -0.25) is 0 Å². The fourth-order valence-corrected chi connectivity index (χ4v) is 1.08. The second-order valence-corrected chi connectivity index (χ2v) is 2.34. The molecule has 1 atom stereocenters. The number of piperidine rings is 1. The van der Waals surface area contributed by atoms with Crippen molar-refractivity contribution in [3.63, 3.8) is 0 Å². The van der Waals surface area contributed by atoms with E-state index >= 15 is 0 Å². The van der Waals surface area contributed by atoms with Gasteiger partial charge in [-0.15, -0.1) is 0 Å². The van der Waals surface area contributed by atoms with Crippen molar-refractivity contribution in [3.05, 3.63) is 7.05 Å². The first kappa shape index (κ1) is 6.05. The lowest BCUT2D eigenvalue weighted by Crippen LogP contribution is -2.86. The molecule has 2 nitrogen and oxygen atoms in total. The molecule has 0 aliphatic carbocycles. The average Bonchev–Trinajstić information content (AvgIpc) is 1.90. The SMILES string of the molecule is [CH2-][NH2+]C1CCCNC1. The third-order valence-electron chi connectivity index (χ3n) is 1.67. The zero-order chi connectivity index (χ0) is 5.82. The Balaban J connectivity index is 2.13. The summed E-state index contributed by atoms with van der Waals surface area (Å²) in [7, 11) is 3.74. The summed E-state index contributed by atoms with van der Waals surface area (Å²) in [6.07, 6.45) is 2.65. The van der Waals surface area contributed by atoms with Crippen LogP contribution in [0.25, 0.3) is 0 Å². The lowest BCUT2D eigenvalue weighted by atomic mass is 10.1. The van der Waals surface area contributed by atoms with Gasteiger partial charge in [0, 0.05) is 6.54 Å². The van der Waals surface area contributed by atoms with Gasteiger partial charge >= 0.3 is 0 Å². The van der Waals surface area contributed by atoms with Gasteiger partial charge < -0.3 is 10.6 Å². The summed E-state index contributed by atoms with van der Waals surface area (Å²) in [5.74, 6) is 0. The summed E-state index contributed by atoms with van der Waals surface area (Å²) in [5, 5.41) is 5.36. The summed E-state index contributed by atoms with van der Waals surface area (Å²) in [6, 6.07) is 0.740. The molecule has 0 amide bonds. The van der Waals surface area contributed by atoms with Crippen LogP contribution in [0.1, 0.15) is 12.8 Å². The minimum absolute atomic E-state index is 0.740. The maximum atomic E-state index is 3.74. The highest BCUT2D eigenvalue weighted by molar-refractivity contribution is 4.65. The van der Waals surface area contributed by atoms with Crippen LogP contribution in [0.15, 0.2) is 0 Å². The third kappa shape index (κ3) is 1.46. The highest BCUT2D eigenvalue weighted by Gasteiger charge is 2.09. The van der Waals surface area contributed by atoms with Crippen molar-refractivity contribution in [3.8, 4) is 0 Å². The number of hydrogen-bond donors (Lipinski definition) is 2. The van der Waals surface area contributed by atoms with Crippen LogP contribution >= 0.6 is 0 Å². The Bertz CT molecular complexity index is 57.5. The minimum atomic E-state index is 0.740. The van der Waals surface area contributed by atoms with Crippen LogP contribution in [-0.4, -0.2) is 19.1 Å². The largest absolute Gasteiger partial charge is 0.475 e. The summed E-state index contributed by atoms with van der Waals surface area (Å²) in [4.78, 5) is 0. The Morgan fingerprint density at radius 3 is 2.88 bits per heavy atom. The second-order valence-electron chi connectivity index (χ2n) is 2.34. The fraction of sp³-hybridized carbons (Fsp3) is 0.833. The van der Waals surface area contributed by atoms with E-state index in [1.807, 2.05) is 5.32 Å². The third-order valence-corrected chi connectivity index (χ3v) is 1.67. The van der Waals surface area contributed by atoms with Gasteiger partial charge in [-0.1, -0.05) is 0 Å². The molecule has 1 heterocycles. The first-order valence-corrected chi connectivity index (χ1v) is 3.27. The first-order chi connectivity index (χ1) is 3.93. The highest BCUT2D eigenvalue weighted by atomic mass is 15.0. The number of quaternary nitrogens is 1. The van der Waals surface area contributed by atoms with Crippen molar-refractivity contribution in [2.75, 3.05) is 13.1 Å². The molecule has 0 aromatic rings. The van der Waals surface area contributed by atoms with E-state index in [1.165, 1.54) is 19.4 Å². The molecular weight excluding hydrogens is 100 g/mol.